The van der Waals surface area contributed by atoms with Crippen molar-refractivity contribution in [3.63, 3.8) is 0 Å². The number of ether oxygens (including phenoxy) is 1. The van der Waals surface area contributed by atoms with E-state index in [4.69, 9.17) is 35.4 Å². The number of ketones is 1. The number of carbonyl (C=O) groups is 22. The number of amides is 15. The normalized spacial score (nSPS) is 21.4. The molecule has 38 nitrogen and oxygen atoms in total. The molecule has 6 aliphatic heterocycles. The van der Waals surface area contributed by atoms with Gasteiger partial charge in [-0.05, 0) is 171 Å². The van der Waals surface area contributed by atoms with Crippen LogP contribution in [0.4, 0.5) is 0 Å². The lowest BCUT2D eigenvalue weighted by molar-refractivity contribution is -0.144. The molecule has 10 rings (SSSR count). The van der Waals surface area contributed by atoms with E-state index in [1.54, 1.807) is 0 Å². The molecule has 6 heterocycles. The van der Waals surface area contributed by atoms with Crippen LogP contribution in [0, 0.1) is 47.3 Å². The van der Waals surface area contributed by atoms with Crippen molar-refractivity contribution in [1.82, 2.24) is 45.3 Å². The quantitative estimate of drug-likeness (QED) is 0.0225. The fraction of sp³-hybridized carbons (Fsp3) is 0.626. The summed E-state index contributed by atoms with van der Waals surface area (Å²) in [5.74, 6) is -7.58. The molecule has 4 fully saturated rings. The summed E-state index contributed by atoms with van der Waals surface area (Å²) in [6.45, 7) is 4.26. The smallest absolute Gasteiger partial charge is 0.306 e. The van der Waals surface area contributed by atoms with Gasteiger partial charge in [0.1, 0.15) is 5.78 Å². The number of aliphatic carboxylic acids is 6. The number of unbranched alkanes of at least 4 members (excludes halogenated alkanes) is 11. The van der Waals surface area contributed by atoms with Crippen molar-refractivity contribution >= 4 is 130 Å². The van der Waals surface area contributed by atoms with Crippen molar-refractivity contribution in [2.75, 3.05) is 72.1 Å². The van der Waals surface area contributed by atoms with E-state index in [-0.39, 0.29) is 176 Å². The maximum absolute atomic E-state index is 12.4. The number of nitrogens with zero attached hydrogens (tertiary/aromatic N) is 6. The zero-order chi connectivity index (χ0) is 94.7. The molecular weight excluding hydrogens is 1680 g/mol. The molecule has 0 aromatic rings. The number of hydrogen-bond acceptors (Lipinski definition) is 23. The van der Waals surface area contributed by atoms with Crippen LogP contribution in [-0.4, -0.2) is 262 Å². The third-order valence-corrected chi connectivity index (χ3v) is 23.8. The highest BCUT2D eigenvalue weighted by Crippen LogP contribution is 2.34. The molecule has 0 aromatic carbocycles. The van der Waals surface area contributed by atoms with Crippen molar-refractivity contribution in [2.45, 2.75) is 244 Å². The number of rotatable bonds is 48. The van der Waals surface area contributed by atoms with Gasteiger partial charge in [0.05, 0.1) is 24.9 Å². The van der Waals surface area contributed by atoms with Crippen molar-refractivity contribution in [3.8, 4) is 0 Å². The van der Waals surface area contributed by atoms with Gasteiger partial charge in [-0.15, -0.1) is 0 Å². The topological polar surface area (TPSA) is 562 Å². The van der Waals surface area contributed by atoms with Crippen molar-refractivity contribution in [3.05, 3.63) is 72.9 Å². The van der Waals surface area contributed by atoms with Crippen LogP contribution in [-0.2, 0) is 110 Å². The lowest BCUT2D eigenvalue weighted by atomic mass is 9.80. The van der Waals surface area contributed by atoms with E-state index in [2.05, 4.69) is 16.0 Å². The number of carboxylic acid groups (broad SMARTS) is 6. The van der Waals surface area contributed by atoms with Crippen LogP contribution in [0.3, 0.4) is 0 Å². The Balaban J connectivity index is 0.000000280. The van der Waals surface area contributed by atoms with Gasteiger partial charge < -0.3 is 51.3 Å². The van der Waals surface area contributed by atoms with Gasteiger partial charge in [-0.2, -0.15) is 0 Å². The lowest BCUT2D eigenvalue weighted by Crippen LogP contribution is -2.39. The summed E-state index contributed by atoms with van der Waals surface area (Å²) in [4.78, 5) is 254. The number of carbonyl (C=O) groups excluding carboxylic acids is 16. The summed E-state index contributed by atoms with van der Waals surface area (Å²) in [5.41, 5.74) is 0. The van der Waals surface area contributed by atoms with Crippen LogP contribution in [0.25, 0.3) is 0 Å². The monoisotopic (exact) mass is 1810 g/mol. The Morgan fingerprint density at radius 1 is 0.264 bits per heavy atom. The first kappa shape index (κ1) is 108. The second-order valence-electron chi connectivity index (χ2n) is 33.6. The lowest BCUT2D eigenvalue weighted by Gasteiger charge is -2.31. The SMILES string of the molecule is O=C(CCCOCCC(=O)NCC1CCC(C(=O)O)CC1)CCN1C(=O)C=CC1=O.O=C(O)C1CCC(CNC(=O)C2CCC(CN3C(=O)C=CC3=O)CC2)CC1.O=C(O)CCCCCCCCCCN1C(=O)C=CC1=O.O=C(O)CCCCCN1C(=O)C=CC1=O.O=C(O)CCCCCNC(=O)C1CCC(CN2C(=O)C=CC2=O)CC1.O=C(O)CCN1C(=O)C=CC1=O. The average Bonchev–Trinajstić information content (AvgIpc) is 1.79. The standard InChI is InChI=1S/C21H30N2O7.C20H28N2O5.C18H26N2O5.C15H23NO4.C10H13NO4.C7H7NO4/c24-17(9-11-23-19(26)7-8-20(23)27)2-1-12-30-13-10-18(25)22-14-15-3-5-16(6-4-15)21(28)29;23-17-9-10-18(24)22(17)12-14-3-5-15(6-4-14)19(25)21-11-13-1-7-16(8-2-13)20(26)27;21-15-9-10-16(22)20(15)12-13-5-7-14(8-6-13)18(25)19-11-3-1-2-4-17(23)24;17-13-10-11-14(18)16(13)12-8-6-4-2-1-3-5-7-9-15(19)20;12-8-5-6-9(13)11(8)7-3-1-2-4-10(14)15;9-5-1-2-6(10)8(5)4-3-7(11)12/h7-8,15-16H,1-6,9-14H2,(H,22,25)(H,28,29);9-10,13-16H,1-8,11-12H2,(H,21,25)(H,26,27);9-10,13-14H,1-8,11-12H2,(H,19,25)(H,23,24);10-11H,1-9,12H2,(H,19,20);5-6H,1-4,7H2,(H,14,15);1-2H,3-4H2,(H,11,12). The first-order valence-corrected chi connectivity index (χ1v) is 45.1. The highest BCUT2D eigenvalue weighted by atomic mass is 16.5. The molecule has 0 saturated heterocycles. The minimum atomic E-state index is -1.03. The fourth-order valence-electron chi connectivity index (χ4n) is 16.0. The van der Waals surface area contributed by atoms with E-state index < -0.39 is 47.6 Å². The molecule has 4 aliphatic carbocycles. The molecule has 0 bridgehead atoms. The number of Topliss-reactive ketones (excluding diaryl/α,β-unsaturated/α-hetero) is 1. The molecule has 0 unspecified atom stereocenters. The van der Waals surface area contributed by atoms with Gasteiger partial charge in [-0.3, -0.25) is 135 Å². The van der Waals surface area contributed by atoms with E-state index in [0.717, 1.165) is 163 Å². The van der Waals surface area contributed by atoms with Gasteiger partial charge >= 0.3 is 35.8 Å². The maximum atomic E-state index is 12.4. The van der Waals surface area contributed by atoms with Gasteiger partial charge in [0.25, 0.3) is 70.9 Å². The molecule has 38 heteroatoms. The van der Waals surface area contributed by atoms with Gasteiger partial charge in [0.2, 0.25) is 17.7 Å². The Labute approximate surface area is 749 Å². The highest BCUT2D eigenvalue weighted by molar-refractivity contribution is 6.16. The Hall–Kier alpha value is -11.9. The summed E-state index contributed by atoms with van der Waals surface area (Å²) in [7, 11) is 0. The molecule has 129 heavy (non-hydrogen) atoms. The van der Waals surface area contributed by atoms with Gasteiger partial charge in [-0.25, -0.2) is 0 Å². The average molecular weight is 1810 g/mol. The van der Waals surface area contributed by atoms with Crippen molar-refractivity contribution < 1.29 is 141 Å². The Morgan fingerprint density at radius 2 is 0.543 bits per heavy atom. The van der Waals surface area contributed by atoms with Crippen molar-refractivity contribution in [2.24, 2.45) is 47.3 Å². The van der Waals surface area contributed by atoms with Crippen LogP contribution in [0.5, 0.6) is 0 Å². The zero-order valence-corrected chi connectivity index (χ0v) is 73.5. The zero-order valence-electron chi connectivity index (χ0n) is 73.5. The molecule has 4 saturated carbocycles. The second-order valence-corrected chi connectivity index (χ2v) is 33.6. The third-order valence-electron chi connectivity index (χ3n) is 23.8. The summed E-state index contributed by atoms with van der Waals surface area (Å²) in [6, 6.07) is 0. The maximum Gasteiger partial charge on any atom is 0.306 e. The second kappa shape index (κ2) is 59.3. The minimum absolute atomic E-state index is 0.000264. The molecule has 710 valence electrons. The van der Waals surface area contributed by atoms with Crippen LogP contribution >= 0.6 is 0 Å². The molecule has 15 amide bonds. The summed E-state index contributed by atoms with van der Waals surface area (Å²) in [6.07, 6.45) is 41.4. The molecule has 0 atom stereocenters. The predicted molar refractivity (Wildman–Crippen MR) is 459 cm³/mol. The molecule has 0 spiro atoms. The number of carboxylic acids is 6. The van der Waals surface area contributed by atoms with Gasteiger partial charge in [0.15, 0.2) is 0 Å². The first-order chi connectivity index (χ1) is 61.6. The molecule has 10 aliphatic rings. The Morgan fingerprint density at radius 3 is 0.891 bits per heavy atom. The van der Waals surface area contributed by atoms with E-state index in [1.165, 1.54) is 80.4 Å². The van der Waals surface area contributed by atoms with Gasteiger partial charge in [0, 0.05) is 189 Å². The summed E-state index contributed by atoms with van der Waals surface area (Å²) in [5, 5.41) is 60.6. The number of nitrogens with one attached hydrogen (secondary N) is 3. The van der Waals surface area contributed by atoms with E-state index >= 15 is 0 Å². The molecule has 9 N–H and O–H groups in total. The summed E-state index contributed by atoms with van der Waals surface area (Å²) < 4.78 is 5.39. The summed E-state index contributed by atoms with van der Waals surface area (Å²) >= 11 is 0. The van der Waals surface area contributed by atoms with E-state index in [1.807, 2.05) is 0 Å². The van der Waals surface area contributed by atoms with E-state index in [9.17, 15) is 105 Å². The largest absolute Gasteiger partial charge is 0.481 e. The molecule has 0 radical (unpaired) electrons. The van der Waals surface area contributed by atoms with Gasteiger partial charge in [-0.1, -0.05) is 51.4 Å². The number of hydrogen-bond donors (Lipinski definition) is 9. The Kier molecular flexibility index (Phi) is 49.5. The van der Waals surface area contributed by atoms with Crippen LogP contribution in [0.15, 0.2) is 72.9 Å². The molecular formula is C91H127N9O29. The molecule has 0 aromatic heterocycles. The Bertz CT molecular complexity index is 4010. The first-order valence-electron chi connectivity index (χ1n) is 45.1. The van der Waals surface area contributed by atoms with Crippen molar-refractivity contribution in [1.29, 1.82) is 0 Å². The highest BCUT2D eigenvalue weighted by Gasteiger charge is 2.36. The third kappa shape index (κ3) is 42.3. The predicted octanol–water partition coefficient (Wildman–Crippen LogP) is 6.72. The fourth-order valence-corrected chi connectivity index (χ4v) is 16.0. The van der Waals surface area contributed by atoms with E-state index in [0.29, 0.717) is 128 Å². The van der Waals surface area contributed by atoms with Crippen LogP contribution in [0.2, 0.25) is 0 Å². The van der Waals surface area contributed by atoms with Crippen LogP contribution < -0.4 is 16.0 Å². The number of imide groups is 6. The minimum Gasteiger partial charge on any atom is -0.481 e. The van der Waals surface area contributed by atoms with Crippen LogP contribution in [0.1, 0.15) is 244 Å².